The van der Waals surface area contributed by atoms with Gasteiger partial charge in [-0.25, -0.2) is 0 Å². The molecule has 1 fully saturated rings. The van der Waals surface area contributed by atoms with Gasteiger partial charge in [0.1, 0.15) is 0 Å². The quantitative estimate of drug-likeness (QED) is 0.804. The molecule has 0 amide bonds. The zero-order valence-corrected chi connectivity index (χ0v) is 11.6. The van der Waals surface area contributed by atoms with Gasteiger partial charge >= 0.3 is 5.97 Å². The van der Waals surface area contributed by atoms with Crippen LogP contribution < -0.4 is 0 Å². The molecule has 1 aliphatic carbocycles. The maximum absolute atomic E-state index is 10.9. The van der Waals surface area contributed by atoms with E-state index in [4.69, 9.17) is 5.11 Å². The number of carbonyl (C=O) groups is 1. The van der Waals surface area contributed by atoms with Crippen LogP contribution in [0.4, 0.5) is 0 Å². The number of carboxylic acid groups (broad SMARTS) is 1. The van der Waals surface area contributed by atoms with E-state index in [1.54, 1.807) is 6.92 Å². The molecular formula is C14H27NO2. The standard InChI is InChI=1S/C14H27NO2/c1-5-15(9-12(4)14(16)17)13-7-10(2)6-11(3)8-13/h10-13H,5-9H2,1-4H3,(H,16,17). The Hall–Kier alpha value is -0.570. The minimum Gasteiger partial charge on any atom is -0.481 e. The molecule has 1 N–H and O–H groups in total. The Kier molecular flexibility index (Phi) is 5.44. The molecule has 3 atom stereocenters. The molecule has 3 heteroatoms. The highest BCUT2D eigenvalue weighted by atomic mass is 16.4. The zero-order valence-electron chi connectivity index (χ0n) is 11.6. The summed E-state index contributed by atoms with van der Waals surface area (Å²) in [5.41, 5.74) is 0. The van der Waals surface area contributed by atoms with Crippen LogP contribution in [0.2, 0.25) is 0 Å². The molecule has 3 unspecified atom stereocenters. The van der Waals surface area contributed by atoms with Crippen LogP contribution in [0.3, 0.4) is 0 Å². The maximum atomic E-state index is 10.9. The lowest BCUT2D eigenvalue weighted by atomic mass is 9.79. The van der Waals surface area contributed by atoms with Crippen molar-refractivity contribution in [2.45, 2.75) is 53.0 Å². The molecule has 0 radical (unpaired) electrons. The summed E-state index contributed by atoms with van der Waals surface area (Å²) in [6.07, 6.45) is 3.78. The molecule has 0 aromatic heterocycles. The first-order chi connectivity index (χ1) is 7.93. The fourth-order valence-electron chi connectivity index (χ4n) is 3.17. The molecule has 0 bridgehead atoms. The summed E-state index contributed by atoms with van der Waals surface area (Å²) < 4.78 is 0. The van der Waals surface area contributed by atoms with E-state index in [2.05, 4.69) is 25.7 Å². The first-order valence-electron chi connectivity index (χ1n) is 6.90. The molecule has 1 saturated carbocycles. The Balaban J connectivity index is 2.57. The summed E-state index contributed by atoms with van der Waals surface area (Å²) in [5, 5.41) is 9.00. The molecule has 0 spiro atoms. The first kappa shape index (κ1) is 14.5. The van der Waals surface area contributed by atoms with Gasteiger partial charge in [-0.2, -0.15) is 0 Å². The second kappa shape index (κ2) is 6.39. The van der Waals surface area contributed by atoms with Crippen LogP contribution >= 0.6 is 0 Å². The van der Waals surface area contributed by atoms with Gasteiger partial charge in [0, 0.05) is 12.6 Å². The predicted molar refractivity (Wildman–Crippen MR) is 70.0 cm³/mol. The number of aliphatic carboxylic acids is 1. The lowest BCUT2D eigenvalue weighted by molar-refractivity contribution is -0.142. The smallest absolute Gasteiger partial charge is 0.307 e. The minimum atomic E-state index is -0.680. The Morgan fingerprint density at radius 3 is 2.24 bits per heavy atom. The zero-order chi connectivity index (χ0) is 13.0. The highest BCUT2D eigenvalue weighted by Crippen LogP contribution is 2.31. The van der Waals surface area contributed by atoms with Gasteiger partial charge in [0.2, 0.25) is 0 Å². The van der Waals surface area contributed by atoms with E-state index in [0.29, 0.717) is 12.6 Å². The predicted octanol–water partition coefficient (Wildman–Crippen LogP) is 2.85. The van der Waals surface area contributed by atoms with Crippen LogP contribution in [-0.4, -0.2) is 35.1 Å². The van der Waals surface area contributed by atoms with Crippen molar-refractivity contribution >= 4 is 5.97 Å². The molecule has 0 saturated heterocycles. The average Bonchev–Trinajstić information content (AvgIpc) is 2.23. The van der Waals surface area contributed by atoms with Crippen LogP contribution in [0.1, 0.15) is 47.0 Å². The van der Waals surface area contributed by atoms with Crippen molar-refractivity contribution in [1.82, 2.24) is 4.90 Å². The Morgan fingerprint density at radius 1 is 1.29 bits per heavy atom. The average molecular weight is 241 g/mol. The Morgan fingerprint density at radius 2 is 1.82 bits per heavy atom. The van der Waals surface area contributed by atoms with Crippen molar-refractivity contribution < 1.29 is 9.90 Å². The normalized spacial score (nSPS) is 31.5. The molecule has 17 heavy (non-hydrogen) atoms. The van der Waals surface area contributed by atoms with Gasteiger partial charge in [-0.3, -0.25) is 9.69 Å². The molecule has 0 aliphatic heterocycles. The van der Waals surface area contributed by atoms with Crippen LogP contribution in [0.15, 0.2) is 0 Å². The topological polar surface area (TPSA) is 40.5 Å². The lowest BCUT2D eigenvalue weighted by Crippen LogP contribution is -2.43. The van der Waals surface area contributed by atoms with E-state index in [9.17, 15) is 4.79 Å². The minimum absolute atomic E-state index is 0.262. The number of hydrogen-bond donors (Lipinski definition) is 1. The number of hydrogen-bond acceptors (Lipinski definition) is 2. The monoisotopic (exact) mass is 241 g/mol. The van der Waals surface area contributed by atoms with Gasteiger partial charge in [0.15, 0.2) is 0 Å². The summed E-state index contributed by atoms with van der Waals surface area (Å²) in [4.78, 5) is 13.3. The maximum Gasteiger partial charge on any atom is 0.307 e. The van der Waals surface area contributed by atoms with Gasteiger partial charge in [-0.05, 0) is 37.6 Å². The summed E-state index contributed by atoms with van der Waals surface area (Å²) in [6, 6.07) is 0.584. The van der Waals surface area contributed by atoms with E-state index in [0.717, 1.165) is 18.4 Å². The number of carboxylic acids is 1. The van der Waals surface area contributed by atoms with Crippen LogP contribution in [0.25, 0.3) is 0 Å². The second-order valence-electron chi connectivity index (χ2n) is 5.90. The van der Waals surface area contributed by atoms with Crippen molar-refractivity contribution in [2.75, 3.05) is 13.1 Å². The highest BCUT2D eigenvalue weighted by Gasteiger charge is 2.29. The molecule has 0 aromatic rings. The van der Waals surface area contributed by atoms with Gasteiger partial charge < -0.3 is 5.11 Å². The largest absolute Gasteiger partial charge is 0.481 e. The SMILES string of the molecule is CCN(CC(C)C(=O)O)C1CC(C)CC(C)C1. The van der Waals surface area contributed by atoms with E-state index in [1.807, 2.05) is 0 Å². The fraction of sp³-hybridized carbons (Fsp3) is 0.929. The van der Waals surface area contributed by atoms with Gasteiger partial charge in [0.05, 0.1) is 5.92 Å². The molecule has 3 nitrogen and oxygen atoms in total. The fourth-order valence-corrected chi connectivity index (χ4v) is 3.17. The third kappa shape index (κ3) is 4.30. The summed E-state index contributed by atoms with van der Waals surface area (Å²) in [5.74, 6) is 0.610. The van der Waals surface area contributed by atoms with Crippen LogP contribution in [0, 0.1) is 17.8 Å². The van der Waals surface area contributed by atoms with Crippen molar-refractivity contribution in [3.8, 4) is 0 Å². The van der Waals surface area contributed by atoms with Crippen molar-refractivity contribution in [1.29, 1.82) is 0 Å². The second-order valence-corrected chi connectivity index (χ2v) is 5.90. The first-order valence-corrected chi connectivity index (χ1v) is 6.90. The third-order valence-electron chi connectivity index (χ3n) is 4.01. The third-order valence-corrected chi connectivity index (χ3v) is 4.01. The lowest BCUT2D eigenvalue weighted by Gasteiger charge is -2.39. The molecule has 0 aromatic carbocycles. The van der Waals surface area contributed by atoms with Crippen LogP contribution in [-0.2, 0) is 4.79 Å². The summed E-state index contributed by atoms with van der Waals surface area (Å²) in [6.45, 7) is 10.2. The van der Waals surface area contributed by atoms with Crippen LogP contribution in [0.5, 0.6) is 0 Å². The Bertz CT molecular complexity index is 245. The molecule has 1 rings (SSSR count). The van der Waals surface area contributed by atoms with E-state index in [-0.39, 0.29) is 5.92 Å². The highest BCUT2D eigenvalue weighted by molar-refractivity contribution is 5.69. The summed E-state index contributed by atoms with van der Waals surface area (Å²) in [7, 11) is 0. The number of nitrogens with zero attached hydrogens (tertiary/aromatic N) is 1. The Labute approximate surface area is 105 Å². The van der Waals surface area contributed by atoms with Crippen molar-refractivity contribution in [3.63, 3.8) is 0 Å². The number of rotatable bonds is 5. The molecule has 100 valence electrons. The van der Waals surface area contributed by atoms with Crippen molar-refractivity contribution in [2.24, 2.45) is 17.8 Å². The molecular weight excluding hydrogens is 214 g/mol. The van der Waals surface area contributed by atoms with Gasteiger partial charge in [-0.15, -0.1) is 0 Å². The van der Waals surface area contributed by atoms with Gasteiger partial charge in [0.25, 0.3) is 0 Å². The summed E-state index contributed by atoms with van der Waals surface area (Å²) >= 11 is 0. The van der Waals surface area contributed by atoms with Crippen molar-refractivity contribution in [3.05, 3.63) is 0 Å². The molecule has 0 heterocycles. The van der Waals surface area contributed by atoms with Gasteiger partial charge in [-0.1, -0.05) is 27.7 Å². The van der Waals surface area contributed by atoms with E-state index < -0.39 is 5.97 Å². The van der Waals surface area contributed by atoms with E-state index >= 15 is 0 Å². The molecule has 1 aliphatic rings. The van der Waals surface area contributed by atoms with E-state index in [1.165, 1.54) is 19.3 Å².